The lowest BCUT2D eigenvalue weighted by molar-refractivity contribution is -0.116. The molecule has 2 rings (SSSR count). The fourth-order valence-electron chi connectivity index (χ4n) is 2.40. The molecule has 27 heavy (non-hydrogen) atoms. The highest BCUT2D eigenvalue weighted by molar-refractivity contribution is 7.92. The largest absolute Gasteiger partial charge is 0.491 e. The van der Waals surface area contributed by atoms with Gasteiger partial charge in [-0.1, -0.05) is 36.7 Å². The molecule has 0 aliphatic rings. The van der Waals surface area contributed by atoms with E-state index in [0.29, 0.717) is 34.1 Å². The van der Waals surface area contributed by atoms with Gasteiger partial charge in [0.25, 0.3) is 0 Å². The first-order valence-corrected chi connectivity index (χ1v) is 10.6. The van der Waals surface area contributed by atoms with E-state index >= 15 is 0 Å². The second-order valence-corrected chi connectivity index (χ2v) is 8.23. The van der Waals surface area contributed by atoms with Gasteiger partial charge < -0.3 is 10.1 Å². The minimum absolute atomic E-state index is 0.0441. The molecule has 0 fully saturated rings. The summed E-state index contributed by atoms with van der Waals surface area (Å²) in [5.41, 5.74) is 1.65. The first-order chi connectivity index (χ1) is 12.8. The van der Waals surface area contributed by atoms with Crippen molar-refractivity contribution in [3.05, 3.63) is 53.1 Å². The van der Waals surface area contributed by atoms with Crippen LogP contribution in [0.1, 0.15) is 25.3 Å². The number of carbonyl (C=O) groups excluding carboxylic acids is 1. The number of benzene rings is 2. The zero-order chi connectivity index (χ0) is 19.9. The maximum Gasteiger partial charge on any atom is 0.232 e. The standard InChI is InChI=1S/C19H23ClN2O4S/c1-3-13-27(24,25)22-17-9-6-8-16(14(17)2)21-19(23)11-12-26-18-10-5-4-7-15(18)20/h4-10,22H,3,11-13H2,1-2H3,(H,21,23). The van der Waals surface area contributed by atoms with Crippen LogP contribution in [0.2, 0.25) is 5.02 Å². The highest BCUT2D eigenvalue weighted by Crippen LogP contribution is 2.25. The third-order valence-corrected chi connectivity index (χ3v) is 5.56. The molecule has 2 aromatic carbocycles. The molecule has 0 saturated carbocycles. The Balaban J connectivity index is 1.95. The molecule has 0 radical (unpaired) electrons. The summed E-state index contributed by atoms with van der Waals surface area (Å²) in [7, 11) is -3.40. The maximum absolute atomic E-state index is 12.2. The van der Waals surface area contributed by atoms with E-state index in [-0.39, 0.29) is 24.7 Å². The van der Waals surface area contributed by atoms with E-state index in [2.05, 4.69) is 10.0 Å². The Bertz CT molecular complexity index is 900. The number of nitrogens with one attached hydrogen (secondary N) is 2. The molecule has 0 aromatic heterocycles. The topological polar surface area (TPSA) is 84.5 Å². The molecular weight excluding hydrogens is 388 g/mol. The number of amides is 1. The molecule has 0 heterocycles. The van der Waals surface area contributed by atoms with E-state index in [9.17, 15) is 13.2 Å². The van der Waals surface area contributed by atoms with Gasteiger partial charge in [-0.3, -0.25) is 9.52 Å². The maximum atomic E-state index is 12.2. The van der Waals surface area contributed by atoms with Crippen LogP contribution in [0.4, 0.5) is 11.4 Å². The molecule has 0 aliphatic carbocycles. The van der Waals surface area contributed by atoms with Crippen molar-refractivity contribution >= 4 is 38.9 Å². The Hall–Kier alpha value is -2.25. The van der Waals surface area contributed by atoms with Crippen LogP contribution in [0.5, 0.6) is 5.75 Å². The van der Waals surface area contributed by atoms with Crippen LogP contribution in [0.3, 0.4) is 0 Å². The number of carbonyl (C=O) groups is 1. The molecule has 146 valence electrons. The van der Waals surface area contributed by atoms with E-state index < -0.39 is 10.0 Å². The molecule has 2 N–H and O–H groups in total. The molecule has 0 spiro atoms. The van der Waals surface area contributed by atoms with E-state index in [1.165, 1.54) is 0 Å². The number of anilines is 2. The monoisotopic (exact) mass is 410 g/mol. The van der Waals surface area contributed by atoms with Crippen molar-refractivity contribution in [1.29, 1.82) is 0 Å². The number of hydrogen-bond donors (Lipinski definition) is 2. The van der Waals surface area contributed by atoms with Gasteiger partial charge in [0.2, 0.25) is 15.9 Å². The van der Waals surface area contributed by atoms with Crippen LogP contribution >= 0.6 is 11.6 Å². The van der Waals surface area contributed by atoms with Gasteiger partial charge in [0.05, 0.1) is 29.5 Å². The van der Waals surface area contributed by atoms with Crippen molar-refractivity contribution in [3.63, 3.8) is 0 Å². The highest BCUT2D eigenvalue weighted by Gasteiger charge is 2.13. The van der Waals surface area contributed by atoms with Crippen LogP contribution < -0.4 is 14.8 Å². The third-order valence-electron chi connectivity index (χ3n) is 3.77. The number of ether oxygens (including phenoxy) is 1. The molecular formula is C19H23ClN2O4S. The highest BCUT2D eigenvalue weighted by atomic mass is 35.5. The summed E-state index contributed by atoms with van der Waals surface area (Å²) in [5.74, 6) is 0.330. The molecule has 0 unspecified atom stereocenters. The summed E-state index contributed by atoms with van der Waals surface area (Å²) >= 11 is 6.00. The minimum Gasteiger partial charge on any atom is -0.491 e. The molecule has 0 atom stereocenters. The summed E-state index contributed by atoms with van der Waals surface area (Å²) in [6.45, 7) is 3.73. The van der Waals surface area contributed by atoms with Gasteiger partial charge in [-0.25, -0.2) is 8.42 Å². The lowest BCUT2D eigenvalue weighted by Crippen LogP contribution is -2.18. The van der Waals surface area contributed by atoms with Gasteiger partial charge >= 0.3 is 0 Å². The SMILES string of the molecule is CCCS(=O)(=O)Nc1cccc(NC(=O)CCOc2ccccc2Cl)c1C. The van der Waals surface area contributed by atoms with E-state index in [4.69, 9.17) is 16.3 Å². The predicted molar refractivity (Wildman–Crippen MR) is 109 cm³/mol. The lowest BCUT2D eigenvalue weighted by Gasteiger charge is -2.14. The van der Waals surface area contributed by atoms with Gasteiger partial charge in [0.15, 0.2) is 0 Å². The van der Waals surface area contributed by atoms with Crippen molar-refractivity contribution in [2.75, 3.05) is 22.4 Å². The molecule has 8 heteroatoms. The van der Waals surface area contributed by atoms with Crippen molar-refractivity contribution in [3.8, 4) is 5.75 Å². The Morgan fingerprint density at radius 3 is 2.52 bits per heavy atom. The normalized spacial score (nSPS) is 11.1. The second-order valence-electron chi connectivity index (χ2n) is 5.98. The summed E-state index contributed by atoms with van der Waals surface area (Å²) in [5, 5.41) is 3.27. The molecule has 0 bridgehead atoms. The van der Waals surface area contributed by atoms with Crippen molar-refractivity contribution < 1.29 is 17.9 Å². The minimum atomic E-state index is -3.40. The summed E-state index contributed by atoms with van der Waals surface area (Å²) in [6, 6.07) is 12.1. The van der Waals surface area contributed by atoms with Gasteiger partial charge in [0, 0.05) is 5.69 Å². The Labute approximate surface area is 164 Å². The zero-order valence-electron chi connectivity index (χ0n) is 15.3. The Morgan fingerprint density at radius 2 is 1.81 bits per heavy atom. The number of hydrogen-bond acceptors (Lipinski definition) is 4. The quantitative estimate of drug-likeness (QED) is 0.648. The fraction of sp³-hybridized carbons (Fsp3) is 0.316. The van der Waals surface area contributed by atoms with E-state index in [0.717, 1.165) is 0 Å². The fourth-order valence-corrected chi connectivity index (χ4v) is 3.78. The number of sulfonamides is 1. The van der Waals surface area contributed by atoms with Crippen LogP contribution in [-0.2, 0) is 14.8 Å². The van der Waals surface area contributed by atoms with Crippen LogP contribution in [0.25, 0.3) is 0 Å². The van der Waals surface area contributed by atoms with E-state index in [1.807, 2.05) is 0 Å². The Kier molecular flexibility index (Phi) is 7.50. The smallest absolute Gasteiger partial charge is 0.232 e. The van der Waals surface area contributed by atoms with Crippen LogP contribution in [0, 0.1) is 6.92 Å². The van der Waals surface area contributed by atoms with Gasteiger partial charge in [0.1, 0.15) is 5.75 Å². The van der Waals surface area contributed by atoms with Gasteiger partial charge in [-0.2, -0.15) is 0 Å². The van der Waals surface area contributed by atoms with Crippen molar-refractivity contribution in [2.45, 2.75) is 26.7 Å². The van der Waals surface area contributed by atoms with Crippen molar-refractivity contribution in [2.24, 2.45) is 0 Å². The number of rotatable bonds is 9. The van der Waals surface area contributed by atoms with E-state index in [1.54, 1.807) is 56.3 Å². The Morgan fingerprint density at radius 1 is 1.11 bits per heavy atom. The first kappa shape index (κ1) is 21.1. The van der Waals surface area contributed by atoms with Gasteiger partial charge in [-0.15, -0.1) is 0 Å². The molecule has 6 nitrogen and oxygen atoms in total. The number of halogens is 1. The number of para-hydroxylation sites is 1. The molecule has 1 amide bonds. The van der Waals surface area contributed by atoms with Gasteiger partial charge in [-0.05, 0) is 43.2 Å². The third kappa shape index (κ3) is 6.45. The average Bonchev–Trinajstić information content (AvgIpc) is 2.60. The average molecular weight is 411 g/mol. The predicted octanol–water partition coefficient (Wildman–Crippen LogP) is 4.21. The zero-order valence-corrected chi connectivity index (χ0v) is 16.9. The van der Waals surface area contributed by atoms with Crippen molar-refractivity contribution in [1.82, 2.24) is 0 Å². The molecule has 0 saturated heterocycles. The second kappa shape index (κ2) is 9.62. The first-order valence-electron chi connectivity index (χ1n) is 8.59. The van der Waals surface area contributed by atoms with Crippen LogP contribution in [-0.4, -0.2) is 26.7 Å². The molecule has 2 aromatic rings. The summed E-state index contributed by atoms with van der Waals surface area (Å²) < 4.78 is 32.0. The summed E-state index contributed by atoms with van der Waals surface area (Å²) in [6.07, 6.45) is 0.659. The molecule has 0 aliphatic heterocycles. The lowest BCUT2D eigenvalue weighted by atomic mass is 10.1. The summed E-state index contributed by atoms with van der Waals surface area (Å²) in [4.78, 5) is 12.2. The van der Waals surface area contributed by atoms with Crippen LogP contribution in [0.15, 0.2) is 42.5 Å².